The Kier molecular flexibility index (Phi) is 6.68. The van der Waals surface area contributed by atoms with E-state index in [1.54, 1.807) is 0 Å². The van der Waals surface area contributed by atoms with E-state index in [1.165, 1.54) is 11.8 Å². The van der Waals surface area contributed by atoms with Crippen LogP contribution in [0.5, 0.6) is 0 Å². The number of thioether (sulfide) groups is 1. The third-order valence-corrected chi connectivity index (χ3v) is 8.25. The fraction of sp³-hybridized carbons (Fsp3) is 0.385. The molecule has 1 amide bonds. The molecule has 3 aliphatic heterocycles. The number of nitrogens with zero attached hydrogens (tertiary/aromatic N) is 4. The van der Waals surface area contributed by atoms with E-state index in [1.807, 2.05) is 41.3 Å². The van der Waals surface area contributed by atoms with Crippen molar-refractivity contribution >= 4 is 46.0 Å². The molecule has 8 heteroatoms. The van der Waals surface area contributed by atoms with Gasteiger partial charge in [0.2, 0.25) is 0 Å². The van der Waals surface area contributed by atoms with Crippen LogP contribution in [0.1, 0.15) is 37.1 Å². The largest absolute Gasteiger partial charge is 0.336 e. The summed E-state index contributed by atoms with van der Waals surface area (Å²) in [5.41, 5.74) is 3.28. The topological polar surface area (TPSA) is 39.2 Å². The van der Waals surface area contributed by atoms with Crippen LogP contribution in [0.4, 0.5) is 0 Å². The SMILES string of the molecule is CC(C)C1=C(C(=O)N2CCN(C)CC2)SC2=N[C@@H](c3ccc(Cl)cc3)[C@@H](c3ccc(Cl)cc3)N21. The molecule has 34 heavy (non-hydrogen) atoms. The Morgan fingerprint density at radius 3 is 2.06 bits per heavy atom. The van der Waals surface area contributed by atoms with Gasteiger partial charge in [-0.05, 0) is 60.1 Å². The smallest absolute Gasteiger partial charge is 0.262 e. The second kappa shape index (κ2) is 9.57. The van der Waals surface area contributed by atoms with Gasteiger partial charge in [-0.1, -0.05) is 61.3 Å². The minimum atomic E-state index is -0.102. The maximum Gasteiger partial charge on any atom is 0.262 e. The maximum atomic E-state index is 13.6. The third kappa shape index (κ3) is 4.37. The number of benzene rings is 2. The molecule has 0 bridgehead atoms. The average molecular weight is 516 g/mol. The van der Waals surface area contributed by atoms with Crippen LogP contribution in [-0.4, -0.2) is 59.0 Å². The van der Waals surface area contributed by atoms with Crippen LogP contribution >= 0.6 is 35.0 Å². The van der Waals surface area contributed by atoms with Crippen LogP contribution in [0.15, 0.2) is 64.1 Å². The van der Waals surface area contributed by atoms with Gasteiger partial charge >= 0.3 is 0 Å². The van der Waals surface area contributed by atoms with Crippen molar-refractivity contribution in [1.82, 2.24) is 14.7 Å². The highest BCUT2D eigenvalue weighted by Crippen LogP contribution is 2.53. The lowest BCUT2D eigenvalue weighted by Gasteiger charge is -2.34. The molecule has 2 aromatic carbocycles. The fourth-order valence-electron chi connectivity index (χ4n) is 4.85. The standard InChI is InChI=1S/C26H28Cl2N4OS/c1-16(2)22-24(25(33)31-14-12-30(3)13-15-31)34-26-29-21(17-4-8-19(27)9-5-17)23(32(22)26)18-6-10-20(28)11-7-18/h4-11,16,21,23H,12-15H2,1-3H3/t21-,23+/m0/s1. The number of rotatable bonds is 4. The van der Waals surface area contributed by atoms with E-state index in [9.17, 15) is 4.79 Å². The third-order valence-electron chi connectivity index (χ3n) is 6.67. The molecule has 0 radical (unpaired) electrons. The molecule has 3 aliphatic rings. The molecule has 5 rings (SSSR count). The second-order valence-corrected chi connectivity index (χ2v) is 11.2. The monoisotopic (exact) mass is 514 g/mol. The van der Waals surface area contributed by atoms with Gasteiger partial charge in [0.15, 0.2) is 5.17 Å². The van der Waals surface area contributed by atoms with E-state index in [4.69, 9.17) is 28.2 Å². The van der Waals surface area contributed by atoms with E-state index in [0.29, 0.717) is 10.0 Å². The van der Waals surface area contributed by atoms with Crippen LogP contribution in [0, 0.1) is 5.92 Å². The zero-order valence-electron chi connectivity index (χ0n) is 19.5. The van der Waals surface area contributed by atoms with Gasteiger partial charge in [0, 0.05) is 41.9 Å². The normalized spacial score (nSPS) is 23.1. The molecular weight excluding hydrogens is 487 g/mol. The minimum Gasteiger partial charge on any atom is -0.336 e. The minimum absolute atomic E-state index is 0.0591. The number of hydrogen-bond donors (Lipinski definition) is 0. The van der Waals surface area contributed by atoms with Gasteiger partial charge in [-0.15, -0.1) is 0 Å². The Morgan fingerprint density at radius 1 is 0.941 bits per heavy atom. The summed E-state index contributed by atoms with van der Waals surface area (Å²) in [5.74, 6) is 0.294. The molecule has 3 heterocycles. The number of fused-ring (bicyclic) bond motifs is 1. The van der Waals surface area contributed by atoms with Crippen LogP contribution in [0.3, 0.4) is 0 Å². The number of amidine groups is 1. The molecule has 0 aliphatic carbocycles. The molecule has 0 spiro atoms. The summed E-state index contributed by atoms with van der Waals surface area (Å²) in [6, 6.07) is 15.7. The van der Waals surface area contributed by atoms with Gasteiger partial charge in [0.1, 0.15) is 10.9 Å². The lowest BCUT2D eigenvalue weighted by Crippen LogP contribution is -2.47. The van der Waals surface area contributed by atoms with E-state index in [2.05, 4.69) is 42.8 Å². The van der Waals surface area contributed by atoms with Crippen molar-refractivity contribution in [3.63, 3.8) is 0 Å². The Bertz CT molecular complexity index is 1140. The summed E-state index contributed by atoms with van der Waals surface area (Å²) in [4.78, 5) is 26.2. The van der Waals surface area contributed by atoms with E-state index in [-0.39, 0.29) is 23.9 Å². The number of aliphatic imine (C=N–C) groups is 1. The van der Waals surface area contributed by atoms with Crippen LogP contribution < -0.4 is 0 Å². The first-order valence-corrected chi connectivity index (χ1v) is 13.2. The van der Waals surface area contributed by atoms with Crippen molar-refractivity contribution in [2.45, 2.75) is 25.9 Å². The second-order valence-electron chi connectivity index (χ2n) is 9.34. The van der Waals surface area contributed by atoms with Crippen molar-refractivity contribution in [1.29, 1.82) is 0 Å². The molecule has 1 saturated heterocycles. The quantitative estimate of drug-likeness (QED) is 0.513. The van der Waals surface area contributed by atoms with Gasteiger partial charge in [-0.25, -0.2) is 0 Å². The number of carbonyl (C=O) groups is 1. The average Bonchev–Trinajstić information content (AvgIpc) is 3.36. The summed E-state index contributed by atoms with van der Waals surface area (Å²) in [7, 11) is 2.10. The summed E-state index contributed by atoms with van der Waals surface area (Å²) in [6.07, 6.45) is 0. The molecular formula is C26H28Cl2N4OS. The Balaban J connectivity index is 1.56. The van der Waals surface area contributed by atoms with Gasteiger partial charge in [0.25, 0.3) is 5.91 Å². The summed E-state index contributed by atoms with van der Waals surface area (Å²) in [6.45, 7) is 7.63. The first kappa shape index (κ1) is 23.7. The van der Waals surface area contributed by atoms with E-state index in [0.717, 1.165) is 53.1 Å². The van der Waals surface area contributed by atoms with Gasteiger partial charge in [-0.3, -0.25) is 9.79 Å². The van der Waals surface area contributed by atoms with Crippen molar-refractivity contribution in [2.24, 2.45) is 10.9 Å². The Morgan fingerprint density at radius 2 is 1.50 bits per heavy atom. The predicted molar refractivity (Wildman–Crippen MR) is 141 cm³/mol. The molecule has 2 atom stereocenters. The van der Waals surface area contributed by atoms with Crippen molar-refractivity contribution in [3.8, 4) is 0 Å². The summed E-state index contributed by atoms with van der Waals surface area (Å²) < 4.78 is 0. The van der Waals surface area contributed by atoms with Crippen LogP contribution in [0.2, 0.25) is 10.0 Å². The van der Waals surface area contributed by atoms with Gasteiger partial charge in [0.05, 0.1) is 6.04 Å². The lowest BCUT2D eigenvalue weighted by atomic mass is 9.92. The first-order valence-electron chi connectivity index (χ1n) is 11.6. The predicted octanol–water partition coefficient (Wildman–Crippen LogP) is 5.84. The zero-order chi connectivity index (χ0) is 24.0. The molecule has 0 unspecified atom stereocenters. The molecule has 0 aromatic heterocycles. The molecule has 178 valence electrons. The summed E-state index contributed by atoms with van der Waals surface area (Å²) in [5, 5.41) is 2.29. The van der Waals surface area contributed by atoms with E-state index < -0.39 is 0 Å². The molecule has 0 saturated carbocycles. The first-order chi connectivity index (χ1) is 16.3. The number of halogens is 2. The molecule has 2 aromatic rings. The number of piperazine rings is 1. The molecule has 0 N–H and O–H groups in total. The maximum absolute atomic E-state index is 13.6. The fourth-order valence-corrected chi connectivity index (χ4v) is 6.41. The highest BCUT2D eigenvalue weighted by atomic mass is 35.5. The Hall–Kier alpha value is -1.99. The highest BCUT2D eigenvalue weighted by Gasteiger charge is 2.47. The van der Waals surface area contributed by atoms with Crippen molar-refractivity contribution < 1.29 is 4.79 Å². The number of amides is 1. The molecule has 5 nitrogen and oxygen atoms in total. The summed E-state index contributed by atoms with van der Waals surface area (Å²) >= 11 is 13.9. The van der Waals surface area contributed by atoms with Crippen molar-refractivity contribution in [3.05, 3.63) is 80.3 Å². The number of carbonyl (C=O) groups excluding carboxylic acids is 1. The number of allylic oxidation sites excluding steroid dienone is 1. The zero-order valence-corrected chi connectivity index (χ0v) is 21.9. The van der Waals surface area contributed by atoms with Crippen molar-refractivity contribution in [2.75, 3.05) is 33.2 Å². The Labute approximate surface area is 215 Å². The lowest BCUT2D eigenvalue weighted by molar-refractivity contribution is -0.128. The van der Waals surface area contributed by atoms with E-state index >= 15 is 0 Å². The van der Waals surface area contributed by atoms with Gasteiger partial charge < -0.3 is 14.7 Å². The molecule has 1 fully saturated rings. The van der Waals surface area contributed by atoms with Gasteiger partial charge in [-0.2, -0.15) is 0 Å². The number of likely N-dealkylation sites (N-methyl/N-ethyl adjacent to an activating group) is 1. The highest BCUT2D eigenvalue weighted by molar-refractivity contribution is 8.18. The van der Waals surface area contributed by atoms with Crippen LogP contribution in [0.25, 0.3) is 0 Å². The number of hydrogen-bond acceptors (Lipinski definition) is 5. The van der Waals surface area contributed by atoms with Crippen LogP contribution in [-0.2, 0) is 4.79 Å².